The number of nitrogens with one attached hydrogen (secondary N) is 4. The number of carbonyl (C=O) groups excluding carboxylic acids is 6. The van der Waals surface area contributed by atoms with Gasteiger partial charge in [-0.05, 0) is 66.6 Å². The fourth-order valence-electron chi connectivity index (χ4n) is 7.00. The van der Waals surface area contributed by atoms with Crippen LogP contribution in [0.25, 0.3) is 0 Å². The summed E-state index contributed by atoms with van der Waals surface area (Å²) in [4.78, 5) is 80.7. The number of amides is 5. The van der Waals surface area contributed by atoms with Gasteiger partial charge in [0.1, 0.15) is 18.7 Å². The van der Waals surface area contributed by atoms with Gasteiger partial charge in [-0.3, -0.25) is 19.2 Å². The van der Waals surface area contributed by atoms with Crippen LogP contribution in [0, 0.1) is 34.5 Å². The van der Waals surface area contributed by atoms with Gasteiger partial charge < -0.3 is 35.6 Å². The van der Waals surface area contributed by atoms with E-state index in [2.05, 4.69) is 41.7 Å². The van der Waals surface area contributed by atoms with E-state index in [4.69, 9.17) is 9.47 Å². The lowest BCUT2D eigenvalue weighted by Crippen LogP contribution is -2.62. The predicted octanol–water partition coefficient (Wildman–Crippen LogP) is 3.07. The lowest BCUT2D eigenvalue weighted by molar-refractivity contribution is -0.145. The molecule has 268 valence electrons. The van der Waals surface area contributed by atoms with Crippen molar-refractivity contribution >= 4 is 35.7 Å². The molecule has 0 radical (unpaired) electrons. The van der Waals surface area contributed by atoms with E-state index in [-0.39, 0.29) is 42.7 Å². The van der Waals surface area contributed by atoms with E-state index in [0.717, 1.165) is 32.1 Å². The van der Waals surface area contributed by atoms with Gasteiger partial charge in [-0.2, -0.15) is 0 Å². The third kappa shape index (κ3) is 8.87. The van der Waals surface area contributed by atoms with Crippen molar-refractivity contribution in [1.82, 2.24) is 26.2 Å². The van der Waals surface area contributed by atoms with Gasteiger partial charge in [0.2, 0.25) is 17.6 Å². The average molecular weight is 674 g/mol. The van der Waals surface area contributed by atoms with Crippen LogP contribution in [0.2, 0.25) is 0 Å². The number of nitrogens with zero attached hydrogens (tertiary/aromatic N) is 1. The molecule has 13 heteroatoms. The molecule has 0 aromatic carbocycles. The van der Waals surface area contributed by atoms with Gasteiger partial charge in [0, 0.05) is 13.1 Å². The first-order valence-electron chi connectivity index (χ1n) is 17.5. The SMILES string of the molecule is C=CCNC(=O)C(=O)C(CCC)NC(=O)C1[C@@H]2[C@H](CN1C(=O)C(NC(=O)N[C@H](COC(=O)OCC1CC1)C1CCC1)C(C)(C)C)C2(C)C. The van der Waals surface area contributed by atoms with Crippen molar-refractivity contribution in [2.75, 3.05) is 26.3 Å². The van der Waals surface area contributed by atoms with Crippen molar-refractivity contribution in [3.63, 3.8) is 0 Å². The molecular formula is C35H55N5O8. The van der Waals surface area contributed by atoms with Crippen molar-refractivity contribution in [3.05, 3.63) is 12.7 Å². The number of ether oxygens (including phenoxy) is 2. The number of likely N-dealkylation sites (tertiary alicyclic amines) is 1. The fraction of sp³-hybridized carbons (Fsp3) is 0.771. The Hall–Kier alpha value is -3.64. The molecule has 0 bridgehead atoms. The first-order valence-corrected chi connectivity index (χ1v) is 17.5. The summed E-state index contributed by atoms with van der Waals surface area (Å²) in [6.07, 6.45) is 6.40. The van der Waals surface area contributed by atoms with Crippen LogP contribution >= 0.6 is 0 Å². The summed E-state index contributed by atoms with van der Waals surface area (Å²) in [5.74, 6) is -1.97. The zero-order chi connectivity index (χ0) is 35.4. The number of hydrogen-bond donors (Lipinski definition) is 4. The molecule has 1 saturated heterocycles. The molecule has 4 aliphatic rings. The molecule has 13 nitrogen and oxygen atoms in total. The fourth-order valence-corrected chi connectivity index (χ4v) is 7.00. The summed E-state index contributed by atoms with van der Waals surface area (Å²) >= 11 is 0. The van der Waals surface area contributed by atoms with Crippen LogP contribution in [0.1, 0.15) is 86.5 Å². The Labute approximate surface area is 284 Å². The van der Waals surface area contributed by atoms with Crippen molar-refractivity contribution in [3.8, 4) is 0 Å². The van der Waals surface area contributed by atoms with Crippen LogP contribution < -0.4 is 21.3 Å². The van der Waals surface area contributed by atoms with Crippen LogP contribution in [0.3, 0.4) is 0 Å². The van der Waals surface area contributed by atoms with E-state index in [1.807, 2.05) is 27.7 Å². The van der Waals surface area contributed by atoms with Gasteiger partial charge in [0.25, 0.3) is 5.91 Å². The molecule has 0 aromatic heterocycles. The molecule has 0 spiro atoms. The van der Waals surface area contributed by atoms with Crippen LogP contribution in [0.15, 0.2) is 12.7 Å². The van der Waals surface area contributed by atoms with Crippen molar-refractivity contribution in [2.45, 2.75) is 111 Å². The molecule has 4 rings (SSSR count). The Morgan fingerprint density at radius 3 is 2.25 bits per heavy atom. The normalized spacial score (nSPS) is 24.5. The molecule has 1 aliphatic heterocycles. The van der Waals surface area contributed by atoms with Crippen molar-refractivity contribution < 1.29 is 38.2 Å². The monoisotopic (exact) mass is 673 g/mol. The van der Waals surface area contributed by atoms with Crippen LogP contribution in [0.4, 0.5) is 9.59 Å². The highest BCUT2D eigenvalue weighted by atomic mass is 16.7. The highest BCUT2D eigenvalue weighted by Crippen LogP contribution is 2.65. The maximum Gasteiger partial charge on any atom is 0.508 e. The standard InChI is InChI=1S/C35H55N5O8/c1-8-11-23(27(41)30(43)36-16-9-2)37-29(42)26-25-22(35(25,6)7)17-40(26)31(44)28(34(3,4)5)39-32(45)38-24(21-12-10-13-21)19-48-33(46)47-18-20-14-15-20/h9,20-26,28H,2,8,10-19H2,1,3-7H3,(H,36,43)(H,37,42)(H2,38,39,45)/t22-,23?,24+,25-,26?,28?/m0/s1. The molecule has 1 heterocycles. The van der Waals surface area contributed by atoms with Crippen LogP contribution in [-0.4, -0.2) is 91.1 Å². The Balaban J connectivity index is 1.44. The van der Waals surface area contributed by atoms with Gasteiger partial charge in [-0.25, -0.2) is 9.59 Å². The summed E-state index contributed by atoms with van der Waals surface area (Å²) < 4.78 is 10.5. The number of hydrogen-bond acceptors (Lipinski definition) is 8. The lowest BCUT2D eigenvalue weighted by atomic mass is 9.80. The van der Waals surface area contributed by atoms with Gasteiger partial charge >= 0.3 is 12.2 Å². The number of ketones is 1. The third-order valence-corrected chi connectivity index (χ3v) is 10.5. The minimum Gasteiger partial charge on any atom is -0.434 e. The number of carbonyl (C=O) groups is 6. The first kappa shape index (κ1) is 37.2. The molecule has 4 N–H and O–H groups in total. The number of Topliss-reactive ketones (excluding diaryl/α,β-unsaturated/α-hetero) is 1. The molecule has 3 aliphatic carbocycles. The molecular weight excluding hydrogens is 618 g/mol. The zero-order valence-corrected chi connectivity index (χ0v) is 29.4. The van der Waals surface area contributed by atoms with E-state index in [0.29, 0.717) is 25.5 Å². The summed E-state index contributed by atoms with van der Waals surface area (Å²) in [6.45, 7) is 15.8. The molecule has 0 aromatic rings. The van der Waals surface area contributed by atoms with Gasteiger partial charge in [-0.15, -0.1) is 6.58 Å². The summed E-state index contributed by atoms with van der Waals surface area (Å²) in [5, 5.41) is 11.1. The highest BCUT2D eigenvalue weighted by molar-refractivity contribution is 6.38. The second kappa shape index (κ2) is 15.3. The lowest BCUT2D eigenvalue weighted by Gasteiger charge is -2.39. The molecule has 6 atom stereocenters. The zero-order valence-electron chi connectivity index (χ0n) is 29.4. The minimum atomic E-state index is -1.04. The van der Waals surface area contributed by atoms with Gasteiger partial charge in [0.05, 0.1) is 18.7 Å². The molecule has 4 fully saturated rings. The topological polar surface area (TPSA) is 172 Å². The number of piperidine rings is 1. The third-order valence-electron chi connectivity index (χ3n) is 10.5. The number of fused-ring (bicyclic) bond motifs is 1. The van der Waals surface area contributed by atoms with E-state index in [9.17, 15) is 28.8 Å². The van der Waals surface area contributed by atoms with E-state index >= 15 is 0 Å². The quantitative estimate of drug-likeness (QED) is 0.110. The minimum absolute atomic E-state index is 0.0359. The summed E-state index contributed by atoms with van der Waals surface area (Å²) in [7, 11) is 0. The van der Waals surface area contributed by atoms with Gasteiger partial charge in [0.15, 0.2) is 0 Å². The van der Waals surface area contributed by atoms with Crippen LogP contribution in [-0.2, 0) is 28.7 Å². The van der Waals surface area contributed by atoms with Crippen LogP contribution in [0.5, 0.6) is 0 Å². The average Bonchev–Trinajstić information content (AvgIpc) is 3.86. The second-order valence-corrected chi connectivity index (χ2v) is 15.6. The second-order valence-electron chi connectivity index (χ2n) is 15.6. The van der Waals surface area contributed by atoms with Gasteiger partial charge in [-0.1, -0.05) is 60.5 Å². The Kier molecular flexibility index (Phi) is 11.8. The number of urea groups is 1. The Bertz CT molecular complexity index is 1250. The largest absolute Gasteiger partial charge is 0.508 e. The summed E-state index contributed by atoms with van der Waals surface area (Å²) in [6, 6.07) is -3.91. The predicted molar refractivity (Wildman–Crippen MR) is 177 cm³/mol. The molecule has 5 amide bonds. The Morgan fingerprint density at radius 2 is 1.69 bits per heavy atom. The molecule has 48 heavy (non-hydrogen) atoms. The maximum atomic E-state index is 14.3. The van der Waals surface area contributed by atoms with Crippen molar-refractivity contribution in [1.29, 1.82) is 0 Å². The molecule has 3 unspecified atom stereocenters. The summed E-state index contributed by atoms with van der Waals surface area (Å²) in [5.41, 5.74) is -0.918. The first-order chi connectivity index (χ1) is 22.6. The highest BCUT2D eigenvalue weighted by Gasteiger charge is 2.70. The maximum absolute atomic E-state index is 14.3. The Morgan fingerprint density at radius 1 is 1.00 bits per heavy atom. The molecule has 3 saturated carbocycles. The number of rotatable bonds is 16. The van der Waals surface area contributed by atoms with Crippen molar-refractivity contribution in [2.24, 2.45) is 34.5 Å². The van der Waals surface area contributed by atoms with E-state index < -0.39 is 65.3 Å². The smallest absolute Gasteiger partial charge is 0.434 e. The van der Waals surface area contributed by atoms with E-state index in [1.54, 1.807) is 0 Å². The van der Waals surface area contributed by atoms with E-state index in [1.165, 1.54) is 11.0 Å².